The molecule has 0 heterocycles. The average molecular weight is 575 g/mol. The molecule has 0 amide bonds. The molecule has 9 rings (SSSR count). The third kappa shape index (κ3) is 3.79. The summed E-state index contributed by atoms with van der Waals surface area (Å²) in [7, 11) is 0. The standard InChI is InChI=1S/C45H34/c1-3-30-32-14-5-9-18-37(32)44(38-19-10-6-15-33(30)38)29-25-24-28-26-43-36(42(28)27-29)22-13-23-41(43)45-39-20-11-7-16-34(39)31(4-2)35-17-8-12-21-40(35)45/h5-25,27H,3-4,26H2,1-2H3. The summed E-state index contributed by atoms with van der Waals surface area (Å²) in [4.78, 5) is 0. The lowest BCUT2D eigenvalue weighted by Gasteiger charge is -2.18. The quantitative estimate of drug-likeness (QED) is 0.183. The molecule has 0 aliphatic heterocycles. The van der Waals surface area contributed by atoms with E-state index >= 15 is 0 Å². The van der Waals surface area contributed by atoms with Crippen molar-refractivity contribution in [2.45, 2.75) is 33.1 Å². The van der Waals surface area contributed by atoms with Crippen LogP contribution in [0.2, 0.25) is 0 Å². The highest BCUT2D eigenvalue weighted by molar-refractivity contribution is 6.17. The van der Waals surface area contributed by atoms with Gasteiger partial charge in [-0.15, -0.1) is 0 Å². The highest BCUT2D eigenvalue weighted by Gasteiger charge is 2.25. The Kier molecular flexibility index (Phi) is 5.93. The molecule has 1 aliphatic carbocycles. The van der Waals surface area contributed by atoms with Gasteiger partial charge in [0.1, 0.15) is 0 Å². The number of aryl methyl sites for hydroxylation is 2. The van der Waals surface area contributed by atoms with E-state index in [9.17, 15) is 0 Å². The molecule has 0 saturated heterocycles. The maximum atomic E-state index is 2.47. The maximum Gasteiger partial charge on any atom is -0.000727 e. The predicted molar refractivity (Wildman–Crippen MR) is 194 cm³/mol. The van der Waals surface area contributed by atoms with Crippen LogP contribution in [-0.2, 0) is 19.3 Å². The van der Waals surface area contributed by atoms with E-state index in [1.807, 2.05) is 0 Å². The van der Waals surface area contributed by atoms with E-state index in [2.05, 4.69) is 147 Å². The monoisotopic (exact) mass is 574 g/mol. The molecule has 214 valence electrons. The highest BCUT2D eigenvalue weighted by Crippen LogP contribution is 2.48. The topological polar surface area (TPSA) is 0 Å². The molecule has 45 heavy (non-hydrogen) atoms. The number of rotatable bonds is 4. The molecule has 0 spiro atoms. The molecular formula is C45H34. The Labute approximate surface area is 264 Å². The van der Waals surface area contributed by atoms with Crippen LogP contribution in [0.1, 0.15) is 36.1 Å². The molecule has 0 atom stereocenters. The zero-order valence-corrected chi connectivity index (χ0v) is 25.8. The average Bonchev–Trinajstić information content (AvgIpc) is 3.48. The first-order chi connectivity index (χ1) is 22.3. The first-order valence-corrected chi connectivity index (χ1v) is 16.4. The molecular weight excluding hydrogens is 540 g/mol. The summed E-state index contributed by atoms with van der Waals surface area (Å²) in [5.41, 5.74) is 13.9. The maximum absolute atomic E-state index is 2.47. The molecule has 1 aliphatic rings. The van der Waals surface area contributed by atoms with Crippen molar-refractivity contribution >= 4 is 43.1 Å². The summed E-state index contributed by atoms with van der Waals surface area (Å²) in [6.45, 7) is 4.56. The number of hydrogen-bond acceptors (Lipinski definition) is 0. The Bertz CT molecular complexity index is 2360. The fourth-order valence-electron chi connectivity index (χ4n) is 8.39. The second-order valence-corrected chi connectivity index (χ2v) is 12.5. The van der Waals surface area contributed by atoms with Crippen molar-refractivity contribution in [1.29, 1.82) is 0 Å². The first kappa shape index (κ1) is 26.2. The van der Waals surface area contributed by atoms with Gasteiger partial charge in [-0.3, -0.25) is 0 Å². The van der Waals surface area contributed by atoms with E-state index in [1.54, 1.807) is 0 Å². The summed E-state index contributed by atoms with van der Waals surface area (Å²) < 4.78 is 0. The van der Waals surface area contributed by atoms with E-state index in [1.165, 1.54) is 98.7 Å². The molecule has 8 aromatic carbocycles. The van der Waals surface area contributed by atoms with Gasteiger partial charge >= 0.3 is 0 Å². The number of fused-ring (bicyclic) bond motifs is 7. The molecule has 0 N–H and O–H groups in total. The first-order valence-electron chi connectivity index (χ1n) is 16.4. The van der Waals surface area contributed by atoms with Gasteiger partial charge in [0.15, 0.2) is 0 Å². The minimum atomic E-state index is 0.954. The van der Waals surface area contributed by atoms with Crippen LogP contribution in [0, 0.1) is 0 Å². The zero-order chi connectivity index (χ0) is 30.1. The van der Waals surface area contributed by atoms with Crippen molar-refractivity contribution in [2.75, 3.05) is 0 Å². The van der Waals surface area contributed by atoms with Crippen LogP contribution in [0.3, 0.4) is 0 Å². The van der Waals surface area contributed by atoms with Gasteiger partial charge in [-0.2, -0.15) is 0 Å². The molecule has 0 aromatic heterocycles. The summed E-state index contributed by atoms with van der Waals surface area (Å²) >= 11 is 0. The molecule has 0 fully saturated rings. The SMILES string of the molecule is CCc1c2ccccc2c(-c2ccc3c(c2)-c2cccc(-c4c5ccccc5c(CC)c5ccccc45)c2C3)c2ccccc12. The van der Waals surface area contributed by atoms with Gasteiger partial charge in [-0.25, -0.2) is 0 Å². The van der Waals surface area contributed by atoms with Crippen molar-refractivity contribution < 1.29 is 0 Å². The van der Waals surface area contributed by atoms with Crippen molar-refractivity contribution in [3.63, 3.8) is 0 Å². The van der Waals surface area contributed by atoms with Gasteiger partial charge in [0.2, 0.25) is 0 Å². The van der Waals surface area contributed by atoms with E-state index in [-0.39, 0.29) is 0 Å². The molecule has 0 radical (unpaired) electrons. The molecule has 8 aromatic rings. The third-order valence-corrected chi connectivity index (χ3v) is 10.3. The Morgan fingerprint density at radius 1 is 0.400 bits per heavy atom. The van der Waals surface area contributed by atoms with E-state index in [0.29, 0.717) is 0 Å². The van der Waals surface area contributed by atoms with Crippen LogP contribution in [0.4, 0.5) is 0 Å². The fourth-order valence-corrected chi connectivity index (χ4v) is 8.39. The zero-order valence-electron chi connectivity index (χ0n) is 25.8. The van der Waals surface area contributed by atoms with Crippen molar-refractivity contribution in [1.82, 2.24) is 0 Å². The van der Waals surface area contributed by atoms with E-state index in [4.69, 9.17) is 0 Å². The van der Waals surface area contributed by atoms with E-state index < -0.39 is 0 Å². The van der Waals surface area contributed by atoms with Gasteiger partial charge in [0.25, 0.3) is 0 Å². The van der Waals surface area contributed by atoms with E-state index in [0.717, 1.165) is 19.3 Å². The fraction of sp³-hybridized carbons (Fsp3) is 0.111. The smallest absolute Gasteiger partial charge is 0.000727 e. The third-order valence-electron chi connectivity index (χ3n) is 10.3. The molecule has 0 nitrogen and oxygen atoms in total. The lowest BCUT2D eigenvalue weighted by atomic mass is 9.85. The van der Waals surface area contributed by atoms with Crippen LogP contribution in [0.25, 0.3) is 76.5 Å². The van der Waals surface area contributed by atoms with Crippen molar-refractivity contribution in [3.8, 4) is 33.4 Å². The van der Waals surface area contributed by atoms with Crippen molar-refractivity contribution in [3.05, 3.63) is 156 Å². The Balaban J connectivity index is 1.30. The lowest BCUT2D eigenvalue weighted by molar-refractivity contribution is 1.18. The van der Waals surface area contributed by atoms with Crippen LogP contribution in [-0.4, -0.2) is 0 Å². The second-order valence-electron chi connectivity index (χ2n) is 12.5. The Hall–Kier alpha value is -5.20. The van der Waals surface area contributed by atoms with Crippen LogP contribution >= 0.6 is 0 Å². The Morgan fingerprint density at radius 3 is 1.33 bits per heavy atom. The van der Waals surface area contributed by atoms with Gasteiger partial charge in [0, 0.05) is 0 Å². The molecule has 0 unspecified atom stereocenters. The highest BCUT2D eigenvalue weighted by atomic mass is 14.3. The normalized spacial score (nSPS) is 12.3. The van der Waals surface area contributed by atoms with Gasteiger partial charge in [-0.05, 0) is 124 Å². The number of hydrogen-bond donors (Lipinski definition) is 0. The minimum Gasteiger partial charge on any atom is -0.0616 e. The summed E-state index contributed by atoms with van der Waals surface area (Å²) in [5.74, 6) is 0. The van der Waals surface area contributed by atoms with Crippen LogP contribution in [0.5, 0.6) is 0 Å². The second kappa shape index (κ2) is 10.2. The summed E-state index contributed by atoms with van der Waals surface area (Å²) in [6.07, 6.45) is 2.99. The molecule has 0 heteroatoms. The number of benzene rings is 8. The summed E-state index contributed by atoms with van der Waals surface area (Å²) in [5, 5.41) is 10.9. The van der Waals surface area contributed by atoms with Gasteiger partial charge in [0.05, 0.1) is 0 Å². The van der Waals surface area contributed by atoms with Gasteiger partial charge < -0.3 is 0 Å². The van der Waals surface area contributed by atoms with Crippen molar-refractivity contribution in [2.24, 2.45) is 0 Å². The predicted octanol–water partition coefficient (Wildman–Crippen LogP) is 12.3. The molecule has 0 saturated carbocycles. The van der Waals surface area contributed by atoms with Crippen LogP contribution in [0.15, 0.2) is 133 Å². The lowest BCUT2D eigenvalue weighted by Crippen LogP contribution is -1.95. The summed E-state index contributed by atoms with van der Waals surface area (Å²) in [6, 6.07) is 50.2. The Morgan fingerprint density at radius 2 is 0.844 bits per heavy atom. The van der Waals surface area contributed by atoms with Crippen LogP contribution < -0.4 is 0 Å². The largest absolute Gasteiger partial charge is 0.0616 e. The minimum absolute atomic E-state index is 0.954. The van der Waals surface area contributed by atoms with Gasteiger partial charge in [-0.1, -0.05) is 141 Å². The molecule has 0 bridgehead atoms.